The molecular weight excluding hydrogens is 102 g/mol. The first kappa shape index (κ1) is 7.63. The summed E-state index contributed by atoms with van der Waals surface area (Å²) in [5.74, 6) is 0. The van der Waals surface area contributed by atoms with E-state index >= 15 is 0 Å². The smallest absolute Gasteiger partial charge is 0.198 e. The van der Waals surface area contributed by atoms with Gasteiger partial charge in [-0.15, -0.1) is 0 Å². The number of hydrogen-bond donors (Lipinski definition) is 0. The van der Waals surface area contributed by atoms with Crippen molar-refractivity contribution >= 4 is 6.29 Å². The third-order valence-corrected chi connectivity index (χ3v) is 0.956. The van der Waals surface area contributed by atoms with E-state index in [0.717, 1.165) is 19.3 Å². The number of carbonyl (C=O) groups excluding carboxylic acids is 1. The minimum absolute atomic E-state index is 0.485. The van der Waals surface area contributed by atoms with Gasteiger partial charge in [0.05, 0.1) is 0 Å². The Kier molecular flexibility index (Phi) is 6.32. The average Bonchev–Trinajstić information content (AvgIpc) is 1.81. The molecule has 0 fully saturated rings. The van der Waals surface area contributed by atoms with Crippen molar-refractivity contribution in [3.63, 3.8) is 0 Å². The molecular formula is C6H11NO. The Morgan fingerprint density at radius 3 is 2.50 bits per heavy atom. The van der Waals surface area contributed by atoms with Crippen LogP contribution < -0.4 is 5.73 Å². The first-order valence-corrected chi connectivity index (χ1v) is 2.91. The minimum Gasteiger partial charge on any atom is -0.291 e. The zero-order valence-electron chi connectivity index (χ0n) is 4.94. The normalized spacial score (nSPS) is 9.12. The highest BCUT2D eigenvalue weighted by molar-refractivity contribution is 5.50. The van der Waals surface area contributed by atoms with E-state index in [-0.39, 0.29) is 0 Å². The summed E-state index contributed by atoms with van der Waals surface area (Å²) >= 11 is 0. The van der Waals surface area contributed by atoms with E-state index in [2.05, 4.69) is 0 Å². The fourth-order valence-electron chi connectivity index (χ4n) is 0.499. The molecule has 0 saturated carbocycles. The molecule has 0 saturated heterocycles. The molecule has 0 aromatic heterocycles. The lowest BCUT2D eigenvalue weighted by Gasteiger charge is -1.89. The Hall–Kier alpha value is -0.370. The Labute approximate surface area is 50.1 Å². The van der Waals surface area contributed by atoms with Gasteiger partial charge in [0.25, 0.3) is 0 Å². The van der Waals surface area contributed by atoms with E-state index < -0.39 is 0 Å². The molecule has 46 valence electrons. The van der Waals surface area contributed by atoms with Gasteiger partial charge in [0.1, 0.15) is 0 Å². The minimum atomic E-state index is 0.485. The molecule has 0 spiro atoms. The molecule has 1 N–H and O–H groups in total. The maximum absolute atomic E-state index is 9.60. The summed E-state index contributed by atoms with van der Waals surface area (Å²) in [6, 6.07) is 0. The van der Waals surface area contributed by atoms with Gasteiger partial charge in [-0.3, -0.25) is 10.5 Å². The summed E-state index contributed by atoms with van der Waals surface area (Å²) < 4.78 is 0. The largest absolute Gasteiger partial charge is 0.291 e. The van der Waals surface area contributed by atoms with Crippen molar-refractivity contribution in [2.45, 2.75) is 25.7 Å². The highest BCUT2D eigenvalue weighted by Gasteiger charge is 1.84. The van der Waals surface area contributed by atoms with Crippen LogP contribution in [0.4, 0.5) is 0 Å². The van der Waals surface area contributed by atoms with E-state index in [0.29, 0.717) is 13.0 Å². The molecule has 0 bridgehead atoms. The predicted octanol–water partition coefficient (Wildman–Crippen LogP) is 0.939. The number of hydrogen-bond acceptors (Lipinski definition) is 1. The lowest BCUT2D eigenvalue weighted by Crippen LogP contribution is -1.84. The lowest BCUT2D eigenvalue weighted by molar-refractivity contribution is 0.545. The van der Waals surface area contributed by atoms with E-state index in [1.165, 1.54) is 0 Å². The molecule has 0 amide bonds. The summed E-state index contributed by atoms with van der Waals surface area (Å²) in [6.07, 6.45) is 5.18. The topological polar surface area (TPSA) is 40.9 Å². The third kappa shape index (κ3) is 5.63. The van der Waals surface area contributed by atoms with Crippen LogP contribution in [0.5, 0.6) is 0 Å². The number of rotatable bonds is 5. The van der Waals surface area contributed by atoms with Gasteiger partial charge >= 0.3 is 0 Å². The van der Waals surface area contributed by atoms with Crippen LogP contribution in [-0.4, -0.2) is 12.8 Å². The molecule has 0 unspecified atom stereocenters. The van der Waals surface area contributed by atoms with Gasteiger partial charge in [0.15, 0.2) is 6.29 Å². The quantitative estimate of drug-likeness (QED) is 0.489. The highest BCUT2D eigenvalue weighted by atomic mass is 16.1. The van der Waals surface area contributed by atoms with Gasteiger partial charge in [-0.05, 0) is 12.8 Å². The van der Waals surface area contributed by atoms with Crippen LogP contribution in [0, 0.1) is 0 Å². The maximum atomic E-state index is 9.60. The van der Waals surface area contributed by atoms with Crippen molar-refractivity contribution in [2.75, 3.05) is 6.54 Å². The fourth-order valence-corrected chi connectivity index (χ4v) is 0.499. The second kappa shape index (κ2) is 6.63. The van der Waals surface area contributed by atoms with Gasteiger partial charge < -0.3 is 0 Å². The highest BCUT2D eigenvalue weighted by Crippen LogP contribution is 1.94. The summed E-state index contributed by atoms with van der Waals surface area (Å²) in [5.41, 5.74) is 6.74. The van der Waals surface area contributed by atoms with Crippen molar-refractivity contribution in [3.05, 3.63) is 0 Å². The summed E-state index contributed by atoms with van der Waals surface area (Å²) in [4.78, 5) is 9.60. The van der Waals surface area contributed by atoms with Gasteiger partial charge in [-0.2, -0.15) is 0 Å². The molecule has 0 rings (SSSR count). The molecule has 0 aliphatic carbocycles. The second-order valence-electron chi connectivity index (χ2n) is 1.70. The van der Waals surface area contributed by atoms with Gasteiger partial charge in [-0.25, -0.2) is 0 Å². The Balaban J connectivity index is 2.62. The molecule has 2 heteroatoms. The molecule has 2 radical (unpaired) electrons. The number of unbranched alkanes of at least 4 members (excludes halogenated alkanes) is 3. The molecule has 0 aliphatic heterocycles. The lowest BCUT2D eigenvalue weighted by atomic mass is 10.2. The van der Waals surface area contributed by atoms with Gasteiger partial charge in [0.2, 0.25) is 0 Å². The van der Waals surface area contributed by atoms with E-state index in [9.17, 15) is 4.79 Å². The van der Waals surface area contributed by atoms with Crippen molar-refractivity contribution < 1.29 is 4.79 Å². The van der Waals surface area contributed by atoms with Crippen molar-refractivity contribution in [3.8, 4) is 0 Å². The Morgan fingerprint density at radius 1 is 1.25 bits per heavy atom. The molecule has 2 nitrogen and oxygen atoms in total. The Morgan fingerprint density at radius 2 is 2.00 bits per heavy atom. The predicted molar refractivity (Wildman–Crippen MR) is 32.1 cm³/mol. The molecule has 0 aromatic carbocycles. The monoisotopic (exact) mass is 113 g/mol. The zero-order chi connectivity index (χ0) is 6.24. The van der Waals surface area contributed by atoms with Crippen LogP contribution in [0.25, 0.3) is 0 Å². The van der Waals surface area contributed by atoms with E-state index in [4.69, 9.17) is 5.73 Å². The SMILES string of the molecule is [NH]CCCCC[C]=O. The van der Waals surface area contributed by atoms with E-state index in [1.54, 1.807) is 0 Å². The van der Waals surface area contributed by atoms with Gasteiger partial charge in [-0.1, -0.05) is 6.42 Å². The van der Waals surface area contributed by atoms with Gasteiger partial charge in [0, 0.05) is 13.0 Å². The molecule has 0 heterocycles. The second-order valence-corrected chi connectivity index (χ2v) is 1.70. The maximum Gasteiger partial charge on any atom is 0.198 e. The van der Waals surface area contributed by atoms with E-state index in [1.807, 2.05) is 6.29 Å². The summed E-state index contributed by atoms with van der Waals surface area (Å²) in [7, 11) is 0. The molecule has 0 aromatic rings. The summed E-state index contributed by atoms with van der Waals surface area (Å²) in [5, 5.41) is 0. The van der Waals surface area contributed by atoms with Crippen LogP contribution in [0.15, 0.2) is 0 Å². The van der Waals surface area contributed by atoms with Crippen LogP contribution >= 0.6 is 0 Å². The Bertz CT molecular complexity index is 54.5. The zero-order valence-corrected chi connectivity index (χ0v) is 4.94. The number of nitrogens with one attached hydrogen (secondary N) is 1. The first-order chi connectivity index (χ1) is 3.91. The molecule has 8 heavy (non-hydrogen) atoms. The van der Waals surface area contributed by atoms with Crippen molar-refractivity contribution in [1.82, 2.24) is 5.73 Å². The average molecular weight is 113 g/mol. The van der Waals surface area contributed by atoms with Crippen LogP contribution in [-0.2, 0) is 4.79 Å². The third-order valence-electron chi connectivity index (χ3n) is 0.956. The van der Waals surface area contributed by atoms with Crippen LogP contribution in [0.1, 0.15) is 25.7 Å². The van der Waals surface area contributed by atoms with Crippen molar-refractivity contribution in [2.24, 2.45) is 0 Å². The van der Waals surface area contributed by atoms with Crippen molar-refractivity contribution in [1.29, 1.82) is 0 Å². The first-order valence-electron chi connectivity index (χ1n) is 2.91. The fraction of sp³-hybridized carbons (Fsp3) is 0.833. The standard InChI is InChI=1S/C6H11NO/c7-5-3-1-2-4-6-8/h7H,1-5H2. The van der Waals surface area contributed by atoms with Crippen LogP contribution in [0.3, 0.4) is 0 Å². The summed E-state index contributed by atoms with van der Waals surface area (Å²) in [6.45, 7) is 0.485. The molecule has 0 atom stereocenters. The molecule has 0 aliphatic rings. The van der Waals surface area contributed by atoms with Crippen LogP contribution in [0.2, 0.25) is 0 Å².